The van der Waals surface area contributed by atoms with Gasteiger partial charge in [-0.1, -0.05) is 12.1 Å². The van der Waals surface area contributed by atoms with Gasteiger partial charge >= 0.3 is 0 Å². The van der Waals surface area contributed by atoms with Crippen LogP contribution in [-0.4, -0.2) is 55.0 Å². The molecule has 0 radical (unpaired) electrons. The van der Waals surface area contributed by atoms with E-state index in [0.717, 1.165) is 42.8 Å². The minimum Gasteiger partial charge on any atom is -0.507 e. The molecule has 1 atom stereocenters. The first-order valence-corrected chi connectivity index (χ1v) is 11.1. The van der Waals surface area contributed by atoms with Crippen LogP contribution in [0.15, 0.2) is 40.9 Å². The molecular weight excluding hydrogens is 447 g/mol. The molecule has 3 nitrogen and oxygen atoms in total. The van der Waals surface area contributed by atoms with Crippen LogP contribution in [0.25, 0.3) is 0 Å². The van der Waals surface area contributed by atoms with Crippen LogP contribution in [0.5, 0.6) is 5.75 Å². The average molecular weight is 472 g/mol. The molecule has 0 spiro atoms. The van der Waals surface area contributed by atoms with Crippen molar-refractivity contribution in [2.75, 3.05) is 49.9 Å². The Morgan fingerprint density at radius 2 is 1.81 bits per heavy atom. The van der Waals surface area contributed by atoms with Gasteiger partial charge in [0.2, 0.25) is 0 Å². The first kappa shape index (κ1) is 20.8. The maximum absolute atomic E-state index is 10.2. The second-order valence-electron chi connectivity index (χ2n) is 7.02. The average Bonchev–Trinajstić information content (AvgIpc) is 2.82. The zero-order chi connectivity index (χ0) is 19.4. The van der Waals surface area contributed by atoms with Gasteiger partial charge in [-0.2, -0.15) is 0 Å². The Morgan fingerprint density at radius 1 is 1.15 bits per heavy atom. The number of phenols is 1. The van der Waals surface area contributed by atoms with E-state index < -0.39 is 0 Å². The Balaban J connectivity index is 1.94. The fourth-order valence-electron chi connectivity index (χ4n) is 3.75. The molecule has 27 heavy (non-hydrogen) atoms. The van der Waals surface area contributed by atoms with Crippen molar-refractivity contribution in [3.63, 3.8) is 0 Å². The summed E-state index contributed by atoms with van der Waals surface area (Å²) in [5.41, 5.74) is 4.91. The number of phenolic OH excluding ortho intramolecular Hbond substituents is 1. The number of rotatable bonds is 6. The molecule has 2 aromatic carbocycles. The molecule has 6 heteroatoms. The molecule has 1 unspecified atom stereocenters. The molecule has 3 rings (SSSR count). The largest absolute Gasteiger partial charge is 0.507 e. The van der Waals surface area contributed by atoms with Gasteiger partial charge in [0, 0.05) is 49.5 Å². The third-order valence-electron chi connectivity index (χ3n) is 5.21. The van der Waals surface area contributed by atoms with Crippen LogP contribution in [0.1, 0.15) is 22.6 Å². The van der Waals surface area contributed by atoms with Gasteiger partial charge in [0.1, 0.15) is 5.75 Å². The minimum atomic E-state index is 0.232. The number of benzene rings is 2. The number of anilines is 1. The number of alkyl halides is 2. The fraction of sp³-hybridized carbons (Fsp3) is 0.429. The predicted octanol–water partition coefficient (Wildman–Crippen LogP) is 5.06. The lowest BCUT2D eigenvalue weighted by molar-refractivity contribution is 0.338. The number of aromatic hydroxyl groups is 1. The molecule has 0 amide bonds. The molecule has 1 aliphatic rings. The highest BCUT2D eigenvalue weighted by atomic mass is 79.9. The molecule has 0 saturated carbocycles. The SMILES string of the molecule is CN1CCc2cc(Br)c(O)cc2C(c2ccc(N(CCCl)CCCl)cc2)C1. The fourth-order valence-corrected chi connectivity index (χ4v) is 4.55. The van der Waals surface area contributed by atoms with Gasteiger partial charge < -0.3 is 14.9 Å². The number of nitrogens with zero attached hydrogens (tertiary/aromatic N) is 2. The predicted molar refractivity (Wildman–Crippen MR) is 119 cm³/mol. The first-order valence-electron chi connectivity index (χ1n) is 9.20. The summed E-state index contributed by atoms with van der Waals surface area (Å²) in [5.74, 6) is 1.69. The van der Waals surface area contributed by atoms with E-state index >= 15 is 0 Å². The standard InChI is InChI=1S/C21H25BrCl2N2O/c1-25-9-6-16-12-20(22)21(27)13-18(16)19(14-25)15-2-4-17(5-3-15)26(10-7-23)11-8-24/h2-5,12-13,19,27H,6-11,14H2,1H3. The molecule has 2 aromatic rings. The molecule has 0 aromatic heterocycles. The van der Waals surface area contributed by atoms with Crippen LogP contribution in [-0.2, 0) is 6.42 Å². The molecule has 0 bridgehead atoms. The smallest absolute Gasteiger partial charge is 0.130 e. The zero-order valence-corrected chi connectivity index (χ0v) is 18.6. The van der Waals surface area contributed by atoms with Crippen molar-refractivity contribution < 1.29 is 5.11 Å². The Morgan fingerprint density at radius 3 is 2.44 bits per heavy atom. The van der Waals surface area contributed by atoms with Crippen LogP contribution in [0, 0.1) is 0 Å². The molecule has 0 saturated heterocycles. The van der Waals surface area contributed by atoms with Crippen molar-refractivity contribution >= 4 is 44.8 Å². The molecule has 146 valence electrons. The number of fused-ring (bicyclic) bond motifs is 1. The van der Waals surface area contributed by atoms with E-state index in [2.05, 4.69) is 63.1 Å². The highest BCUT2D eigenvalue weighted by Crippen LogP contribution is 2.37. The summed E-state index contributed by atoms with van der Waals surface area (Å²) < 4.78 is 0.762. The summed E-state index contributed by atoms with van der Waals surface area (Å²) in [6.45, 7) is 3.51. The number of hydrogen-bond acceptors (Lipinski definition) is 3. The highest BCUT2D eigenvalue weighted by Gasteiger charge is 2.24. The Labute approximate surface area is 180 Å². The molecule has 1 heterocycles. The van der Waals surface area contributed by atoms with Crippen LogP contribution in [0.2, 0.25) is 0 Å². The van der Waals surface area contributed by atoms with E-state index in [0.29, 0.717) is 17.5 Å². The molecule has 0 fully saturated rings. The zero-order valence-electron chi connectivity index (χ0n) is 15.5. The van der Waals surface area contributed by atoms with Gasteiger partial charge in [0.15, 0.2) is 0 Å². The number of halogens is 3. The number of likely N-dealkylation sites (N-methyl/N-ethyl adjacent to an activating group) is 1. The second kappa shape index (κ2) is 9.51. The van der Waals surface area contributed by atoms with E-state index in [1.54, 1.807) is 0 Å². The van der Waals surface area contributed by atoms with E-state index in [9.17, 15) is 5.11 Å². The minimum absolute atomic E-state index is 0.232. The van der Waals surface area contributed by atoms with Gasteiger partial charge in [-0.25, -0.2) is 0 Å². The van der Waals surface area contributed by atoms with Gasteiger partial charge in [-0.3, -0.25) is 0 Å². The summed E-state index contributed by atoms with van der Waals surface area (Å²) in [6, 6.07) is 12.7. The van der Waals surface area contributed by atoms with E-state index in [1.807, 2.05) is 6.07 Å². The van der Waals surface area contributed by atoms with E-state index in [1.165, 1.54) is 16.7 Å². The third kappa shape index (κ3) is 4.92. The van der Waals surface area contributed by atoms with Crippen molar-refractivity contribution in [3.05, 3.63) is 57.6 Å². The van der Waals surface area contributed by atoms with Gasteiger partial charge in [0.25, 0.3) is 0 Å². The lowest BCUT2D eigenvalue weighted by Gasteiger charge is -2.25. The van der Waals surface area contributed by atoms with E-state index in [-0.39, 0.29) is 5.92 Å². The van der Waals surface area contributed by atoms with Gasteiger partial charge in [0.05, 0.1) is 4.47 Å². The number of hydrogen-bond donors (Lipinski definition) is 1. The quantitative estimate of drug-likeness (QED) is 0.596. The summed E-state index contributed by atoms with van der Waals surface area (Å²) >= 11 is 15.3. The van der Waals surface area contributed by atoms with E-state index in [4.69, 9.17) is 23.2 Å². The lowest BCUT2D eigenvalue weighted by atomic mass is 9.87. The topological polar surface area (TPSA) is 26.7 Å². The van der Waals surface area contributed by atoms with Crippen molar-refractivity contribution in [2.45, 2.75) is 12.3 Å². The summed E-state index contributed by atoms with van der Waals surface area (Å²) in [4.78, 5) is 4.57. The highest BCUT2D eigenvalue weighted by molar-refractivity contribution is 9.10. The van der Waals surface area contributed by atoms with Crippen LogP contribution < -0.4 is 4.90 Å². The lowest BCUT2D eigenvalue weighted by Crippen LogP contribution is -2.27. The monoisotopic (exact) mass is 470 g/mol. The Kier molecular flexibility index (Phi) is 7.32. The molecule has 1 N–H and O–H groups in total. The Bertz CT molecular complexity index is 764. The summed E-state index contributed by atoms with van der Waals surface area (Å²) in [6.07, 6.45) is 0.985. The molecular formula is C21H25BrCl2N2O. The second-order valence-corrected chi connectivity index (χ2v) is 8.63. The van der Waals surface area contributed by atoms with Crippen molar-refractivity contribution in [1.82, 2.24) is 4.90 Å². The summed E-state index contributed by atoms with van der Waals surface area (Å²) in [5, 5.41) is 10.2. The maximum Gasteiger partial charge on any atom is 0.130 e. The van der Waals surface area contributed by atoms with Crippen molar-refractivity contribution in [3.8, 4) is 5.75 Å². The Hall–Kier alpha value is -0.940. The summed E-state index contributed by atoms with van der Waals surface area (Å²) in [7, 11) is 2.16. The van der Waals surface area contributed by atoms with Crippen LogP contribution >= 0.6 is 39.1 Å². The molecule has 1 aliphatic heterocycles. The van der Waals surface area contributed by atoms with Gasteiger partial charge in [-0.05, 0) is 70.4 Å². The van der Waals surface area contributed by atoms with Crippen LogP contribution in [0.3, 0.4) is 0 Å². The first-order chi connectivity index (χ1) is 13.0. The molecule has 0 aliphatic carbocycles. The third-order valence-corrected chi connectivity index (χ3v) is 6.18. The van der Waals surface area contributed by atoms with Crippen LogP contribution in [0.4, 0.5) is 5.69 Å². The normalized spacial score (nSPS) is 17.4. The maximum atomic E-state index is 10.2. The van der Waals surface area contributed by atoms with Crippen molar-refractivity contribution in [2.24, 2.45) is 0 Å². The van der Waals surface area contributed by atoms with Crippen molar-refractivity contribution in [1.29, 1.82) is 0 Å². The van der Waals surface area contributed by atoms with Gasteiger partial charge in [-0.15, -0.1) is 23.2 Å².